The van der Waals surface area contributed by atoms with Gasteiger partial charge in [-0.1, -0.05) is 99.5 Å². The smallest absolute Gasteiger partial charge is 0.249 e. The fourth-order valence-corrected chi connectivity index (χ4v) is 7.71. The third-order valence-electron chi connectivity index (χ3n) is 9.75. The number of ether oxygens (including phenoxy) is 1. The van der Waals surface area contributed by atoms with Crippen LogP contribution >= 0.6 is 0 Å². The van der Waals surface area contributed by atoms with Crippen molar-refractivity contribution in [1.29, 1.82) is 0 Å². The molecule has 4 heterocycles. The normalized spacial score (nSPS) is 30.6. The van der Waals surface area contributed by atoms with Gasteiger partial charge in [0.25, 0.3) is 0 Å². The van der Waals surface area contributed by atoms with Gasteiger partial charge in [0.1, 0.15) is 11.6 Å². The number of unbranched alkanes of at least 4 members (excludes halogenated alkanes) is 2. The molecule has 0 aromatic heterocycles. The lowest BCUT2D eigenvalue weighted by molar-refractivity contribution is -0.155. The molecule has 1 spiro atoms. The Morgan fingerprint density at radius 1 is 0.860 bits per heavy atom. The molecule has 1 N–H and O–H groups in total. The van der Waals surface area contributed by atoms with Crippen molar-refractivity contribution >= 4 is 23.4 Å². The van der Waals surface area contributed by atoms with Crippen LogP contribution in [0, 0.1) is 11.8 Å². The number of rotatable bonds is 9. The Hall–Kier alpha value is -3.75. The first-order chi connectivity index (χ1) is 20.9. The monoisotopic (exact) mass is 583 g/mol. The Morgan fingerprint density at radius 3 is 2.23 bits per heavy atom. The Labute approximate surface area is 253 Å². The number of benzene rings is 2. The zero-order chi connectivity index (χ0) is 30.2. The number of aliphatic hydroxyl groups is 1. The third-order valence-corrected chi connectivity index (χ3v) is 9.75. The number of carbonyl (C=O) groups is 3. The van der Waals surface area contributed by atoms with E-state index in [2.05, 4.69) is 6.92 Å². The van der Waals surface area contributed by atoms with Crippen molar-refractivity contribution in [3.8, 4) is 0 Å². The zero-order valence-electron chi connectivity index (χ0n) is 25.0. The van der Waals surface area contributed by atoms with E-state index in [0.717, 1.165) is 30.5 Å². The van der Waals surface area contributed by atoms with Crippen LogP contribution in [-0.2, 0) is 19.1 Å². The van der Waals surface area contributed by atoms with Gasteiger partial charge in [-0.05, 0) is 30.5 Å². The molecule has 6 atom stereocenters. The van der Waals surface area contributed by atoms with Gasteiger partial charge in [-0.3, -0.25) is 14.4 Å². The lowest BCUT2D eigenvalue weighted by Gasteiger charge is -2.41. The van der Waals surface area contributed by atoms with Gasteiger partial charge in [-0.2, -0.15) is 0 Å². The van der Waals surface area contributed by atoms with Gasteiger partial charge in [-0.15, -0.1) is 0 Å². The van der Waals surface area contributed by atoms with E-state index < -0.39 is 35.1 Å². The molecule has 4 aliphatic heterocycles. The van der Waals surface area contributed by atoms with Gasteiger partial charge in [0.15, 0.2) is 0 Å². The molecule has 43 heavy (non-hydrogen) atoms. The van der Waals surface area contributed by atoms with Crippen LogP contribution in [0.5, 0.6) is 0 Å². The molecule has 4 aliphatic rings. The lowest BCUT2D eigenvalue weighted by atomic mass is 9.73. The van der Waals surface area contributed by atoms with Gasteiger partial charge in [0.2, 0.25) is 17.7 Å². The number of aliphatic hydroxyl groups excluding tert-OH is 1. The average Bonchev–Trinajstić information content (AvgIpc) is 3.33. The fraction of sp³-hybridized carbons (Fsp3) is 0.457. The predicted molar refractivity (Wildman–Crippen MR) is 164 cm³/mol. The highest BCUT2D eigenvalue weighted by molar-refractivity contribution is 6.04. The number of nitrogens with zero attached hydrogens (tertiary/aromatic N) is 3. The maximum atomic E-state index is 14.9. The zero-order valence-corrected chi connectivity index (χ0v) is 25.0. The van der Waals surface area contributed by atoms with Gasteiger partial charge < -0.3 is 24.5 Å². The topological polar surface area (TPSA) is 90.4 Å². The summed E-state index contributed by atoms with van der Waals surface area (Å²) in [5, 5.41) is 10.8. The predicted octanol–water partition coefficient (Wildman–Crippen LogP) is 4.27. The minimum absolute atomic E-state index is 0.195. The van der Waals surface area contributed by atoms with Crippen LogP contribution in [0.1, 0.15) is 51.1 Å². The van der Waals surface area contributed by atoms with Crippen LogP contribution in [0.25, 0.3) is 0 Å². The lowest BCUT2D eigenvalue weighted by Crippen LogP contribution is -2.57. The van der Waals surface area contributed by atoms with Gasteiger partial charge in [0.05, 0.1) is 30.1 Å². The van der Waals surface area contributed by atoms with Crippen LogP contribution in [0.3, 0.4) is 0 Å². The minimum atomic E-state index is -1.36. The number of carbonyl (C=O) groups excluding carboxylic acids is 3. The van der Waals surface area contributed by atoms with Crippen molar-refractivity contribution in [2.45, 2.75) is 62.8 Å². The Kier molecular flexibility index (Phi) is 8.00. The van der Waals surface area contributed by atoms with Crippen LogP contribution in [0.2, 0.25) is 0 Å². The summed E-state index contributed by atoms with van der Waals surface area (Å²) in [4.78, 5) is 49.2. The molecule has 0 saturated carbocycles. The summed E-state index contributed by atoms with van der Waals surface area (Å²) in [6, 6.07) is 17.0. The molecule has 2 aromatic rings. The van der Waals surface area contributed by atoms with E-state index in [4.69, 9.17) is 4.74 Å². The molecule has 226 valence electrons. The first kappa shape index (κ1) is 29.3. The van der Waals surface area contributed by atoms with Crippen molar-refractivity contribution in [2.75, 3.05) is 31.1 Å². The molecule has 3 amide bonds. The highest BCUT2D eigenvalue weighted by Crippen LogP contribution is 2.59. The van der Waals surface area contributed by atoms with Crippen molar-refractivity contribution in [3.05, 3.63) is 90.5 Å². The van der Waals surface area contributed by atoms with Crippen molar-refractivity contribution in [2.24, 2.45) is 11.8 Å². The Bertz CT molecular complexity index is 1410. The number of fused-ring (bicyclic) bond motifs is 2. The SMILES string of the molecule is CCCCCN1CC=C[C@]23O[C@]4(CC)C=CCN(c5ccccc5)C(=O)[C@@H]4[C@H]2C(=O)N([C@H](CO)c2ccccc2)C3C1=O. The number of likely N-dealkylation sites (tertiary alicyclic amines) is 1. The number of para-hydroxylation sites is 1. The van der Waals surface area contributed by atoms with Crippen LogP contribution in [-0.4, -0.2) is 76.1 Å². The van der Waals surface area contributed by atoms with Crippen molar-refractivity contribution < 1.29 is 24.2 Å². The Morgan fingerprint density at radius 2 is 1.56 bits per heavy atom. The first-order valence-electron chi connectivity index (χ1n) is 15.6. The number of anilines is 1. The van der Waals surface area contributed by atoms with E-state index in [1.54, 1.807) is 14.7 Å². The van der Waals surface area contributed by atoms with Crippen LogP contribution in [0.4, 0.5) is 5.69 Å². The number of hydrogen-bond donors (Lipinski definition) is 1. The van der Waals surface area contributed by atoms with Gasteiger partial charge in [0, 0.05) is 25.3 Å². The summed E-state index contributed by atoms with van der Waals surface area (Å²) in [6.07, 6.45) is 11.0. The third kappa shape index (κ3) is 4.62. The molecule has 0 bridgehead atoms. The first-order valence-corrected chi connectivity index (χ1v) is 15.6. The average molecular weight is 584 g/mol. The Balaban J connectivity index is 1.51. The van der Waals surface area contributed by atoms with Crippen LogP contribution < -0.4 is 4.90 Å². The summed E-state index contributed by atoms with van der Waals surface area (Å²) in [5.41, 5.74) is -0.951. The second-order valence-electron chi connectivity index (χ2n) is 12.1. The molecule has 2 saturated heterocycles. The molecule has 0 aliphatic carbocycles. The summed E-state index contributed by atoms with van der Waals surface area (Å²) >= 11 is 0. The van der Waals surface area contributed by atoms with E-state index in [0.29, 0.717) is 26.1 Å². The van der Waals surface area contributed by atoms with E-state index in [1.807, 2.05) is 91.9 Å². The summed E-state index contributed by atoms with van der Waals surface area (Å²) < 4.78 is 7.10. The molecule has 2 fully saturated rings. The molecule has 2 aromatic carbocycles. The number of hydrogen-bond acceptors (Lipinski definition) is 5. The number of amides is 3. The molecular weight excluding hydrogens is 542 g/mol. The molecule has 8 heteroatoms. The second-order valence-corrected chi connectivity index (χ2v) is 12.1. The van der Waals surface area contributed by atoms with E-state index in [9.17, 15) is 19.5 Å². The van der Waals surface area contributed by atoms with E-state index in [1.165, 1.54) is 0 Å². The highest BCUT2D eigenvalue weighted by atomic mass is 16.5. The van der Waals surface area contributed by atoms with E-state index >= 15 is 0 Å². The summed E-state index contributed by atoms with van der Waals surface area (Å²) in [6.45, 7) is 5.05. The highest BCUT2D eigenvalue weighted by Gasteiger charge is 2.76. The minimum Gasteiger partial charge on any atom is -0.394 e. The quantitative estimate of drug-likeness (QED) is 0.352. The summed E-state index contributed by atoms with van der Waals surface area (Å²) in [7, 11) is 0. The van der Waals surface area contributed by atoms with Gasteiger partial charge in [-0.25, -0.2) is 0 Å². The maximum Gasteiger partial charge on any atom is 0.249 e. The second kappa shape index (κ2) is 11.7. The fourth-order valence-electron chi connectivity index (χ4n) is 7.71. The summed E-state index contributed by atoms with van der Waals surface area (Å²) in [5.74, 6) is -2.52. The molecular formula is C35H41N3O5. The van der Waals surface area contributed by atoms with Gasteiger partial charge >= 0.3 is 0 Å². The molecule has 0 radical (unpaired) electrons. The largest absolute Gasteiger partial charge is 0.394 e. The van der Waals surface area contributed by atoms with Crippen molar-refractivity contribution in [3.63, 3.8) is 0 Å². The standard InChI is InChI=1S/C35H41N3O5/c1-3-5-12-21-36-22-14-20-35-29(32(41)38(30(35)33(36)42)27(24-39)25-15-8-6-9-16-25)28-31(40)37(26-17-10-7-11-18-26)23-13-19-34(28,4-2)43-35/h6-11,13-20,27-30,39H,3-5,12,21-24H2,1-2H3/t27-,28+,29+,30?,34-,35+/m1/s1. The van der Waals surface area contributed by atoms with E-state index in [-0.39, 0.29) is 24.3 Å². The maximum absolute atomic E-state index is 14.9. The van der Waals surface area contributed by atoms with Crippen LogP contribution in [0.15, 0.2) is 85.0 Å². The molecule has 8 nitrogen and oxygen atoms in total. The van der Waals surface area contributed by atoms with Crippen molar-refractivity contribution in [1.82, 2.24) is 9.80 Å². The molecule has 1 unspecified atom stereocenters. The molecule has 6 rings (SSSR count).